The van der Waals surface area contributed by atoms with Crippen molar-refractivity contribution < 1.29 is 9.47 Å². The molecule has 5 aromatic rings. The number of methoxy groups -OCH3 is 1. The first-order valence-electron chi connectivity index (χ1n) is 10.8. The van der Waals surface area contributed by atoms with E-state index in [1.54, 1.807) is 13.3 Å². The molecule has 36 heavy (non-hydrogen) atoms. The largest absolute Gasteiger partial charge is 0.493 e. The zero-order chi connectivity index (χ0) is 25.2. The van der Waals surface area contributed by atoms with Crippen LogP contribution in [0.4, 0.5) is 5.95 Å². The molecule has 11 heteroatoms. The topological polar surface area (TPSA) is 86.5 Å². The summed E-state index contributed by atoms with van der Waals surface area (Å²) >= 11 is 13.3. The van der Waals surface area contributed by atoms with Crippen molar-refractivity contribution >= 4 is 77.7 Å². The van der Waals surface area contributed by atoms with E-state index < -0.39 is 0 Å². The van der Waals surface area contributed by atoms with Gasteiger partial charge in [-0.1, -0.05) is 45.7 Å². The number of hydrogen-bond donors (Lipinski definition) is 1. The van der Waals surface area contributed by atoms with Crippen molar-refractivity contribution in [2.75, 3.05) is 12.5 Å². The molecule has 0 saturated carbocycles. The Bertz CT molecular complexity index is 1620. The molecule has 0 saturated heterocycles. The first-order chi connectivity index (χ1) is 17.4. The number of hydrogen-bond acceptors (Lipinski definition) is 7. The smallest absolute Gasteiger partial charge is 0.265 e. The Morgan fingerprint density at radius 1 is 1.11 bits per heavy atom. The Morgan fingerprint density at radius 2 is 1.94 bits per heavy atom. The molecule has 8 nitrogen and oxygen atoms in total. The van der Waals surface area contributed by atoms with E-state index in [1.165, 1.54) is 0 Å². The number of nitrogens with one attached hydrogen (secondary N) is 1. The SMILES string of the molecule is COc1cc(/C=N/Nc2nnc3c4cc(Br)ccc4n(C)c3n2)cc(Br)c1OCc1ccccc1Cl. The van der Waals surface area contributed by atoms with Crippen molar-refractivity contribution in [1.29, 1.82) is 0 Å². The number of aryl methyl sites for hydroxylation is 1. The molecule has 0 atom stereocenters. The van der Waals surface area contributed by atoms with Crippen molar-refractivity contribution in [3.63, 3.8) is 0 Å². The summed E-state index contributed by atoms with van der Waals surface area (Å²) in [5.74, 6) is 1.41. The second kappa shape index (κ2) is 10.4. The van der Waals surface area contributed by atoms with Gasteiger partial charge in [0.15, 0.2) is 17.1 Å². The molecule has 5 rings (SSSR count). The van der Waals surface area contributed by atoms with E-state index in [4.69, 9.17) is 21.1 Å². The lowest BCUT2D eigenvalue weighted by atomic mass is 10.2. The fraction of sp³-hybridized carbons (Fsp3) is 0.120. The van der Waals surface area contributed by atoms with E-state index in [1.807, 2.05) is 66.2 Å². The maximum Gasteiger partial charge on any atom is 0.265 e. The molecule has 182 valence electrons. The van der Waals surface area contributed by atoms with Crippen LogP contribution in [0.2, 0.25) is 5.02 Å². The predicted molar refractivity (Wildman–Crippen MR) is 149 cm³/mol. The molecule has 0 radical (unpaired) electrons. The van der Waals surface area contributed by atoms with Gasteiger partial charge in [0.25, 0.3) is 5.95 Å². The number of hydrazone groups is 1. The summed E-state index contributed by atoms with van der Waals surface area (Å²) in [4.78, 5) is 4.58. The third-order valence-corrected chi connectivity index (χ3v) is 6.97. The summed E-state index contributed by atoms with van der Waals surface area (Å²) in [5, 5.41) is 14.4. The Balaban J connectivity index is 1.34. The van der Waals surface area contributed by atoms with E-state index >= 15 is 0 Å². The Morgan fingerprint density at radius 3 is 2.75 bits per heavy atom. The summed E-state index contributed by atoms with van der Waals surface area (Å²) in [6.07, 6.45) is 1.64. The lowest BCUT2D eigenvalue weighted by Crippen LogP contribution is -2.02. The third-order valence-electron chi connectivity index (χ3n) is 5.52. The number of fused-ring (bicyclic) bond motifs is 3. The van der Waals surface area contributed by atoms with Gasteiger partial charge in [0.05, 0.1) is 23.3 Å². The van der Waals surface area contributed by atoms with E-state index in [9.17, 15) is 0 Å². The zero-order valence-corrected chi connectivity index (χ0v) is 23.1. The standard InChI is InChI=1S/C25H19Br2ClN6O2/c1-34-20-8-7-16(26)11-17(20)22-24(34)30-25(33-31-22)32-29-12-14-9-18(27)23(21(10-14)35-2)36-13-15-5-3-4-6-19(15)28/h3-12H,13H2,1-2H3,(H,30,32,33)/b29-12+. The van der Waals surface area contributed by atoms with Crippen LogP contribution in [0.25, 0.3) is 22.1 Å². The Labute approximate surface area is 228 Å². The average molecular weight is 631 g/mol. The predicted octanol–water partition coefficient (Wildman–Crippen LogP) is 6.73. The molecule has 0 aliphatic rings. The van der Waals surface area contributed by atoms with E-state index in [0.29, 0.717) is 28.8 Å². The van der Waals surface area contributed by atoms with Crippen molar-refractivity contribution in [3.05, 3.63) is 79.7 Å². The molecule has 3 aromatic carbocycles. The number of anilines is 1. The van der Waals surface area contributed by atoms with Gasteiger partial charge in [-0.05, 0) is 57.9 Å². The monoisotopic (exact) mass is 628 g/mol. The molecule has 1 N–H and O–H groups in total. The summed E-state index contributed by atoms with van der Waals surface area (Å²) < 4.78 is 15.2. The maximum absolute atomic E-state index is 6.24. The van der Waals surface area contributed by atoms with Gasteiger partial charge in [-0.3, -0.25) is 0 Å². The van der Waals surface area contributed by atoms with Gasteiger partial charge < -0.3 is 14.0 Å². The molecule has 2 aromatic heterocycles. The molecule has 0 spiro atoms. The van der Waals surface area contributed by atoms with Gasteiger partial charge in [-0.2, -0.15) is 10.1 Å². The molecule has 0 amide bonds. The zero-order valence-electron chi connectivity index (χ0n) is 19.2. The minimum absolute atomic E-state index is 0.287. The molecule has 0 fully saturated rings. The first kappa shape index (κ1) is 24.5. The minimum atomic E-state index is 0.287. The lowest BCUT2D eigenvalue weighted by Gasteiger charge is -2.14. The lowest BCUT2D eigenvalue weighted by molar-refractivity contribution is 0.282. The van der Waals surface area contributed by atoms with Crippen LogP contribution in [0.5, 0.6) is 11.5 Å². The van der Waals surface area contributed by atoms with Crippen molar-refractivity contribution in [3.8, 4) is 11.5 Å². The van der Waals surface area contributed by atoms with E-state index in [0.717, 1.165) is 36.5 Å². The van der Waals surface area contributed by atoms with Crippen LogP contribution in [-0.4, -0.2) is 33.1 Å². The maximum atomic E-state index is 6.24. The highest BCUT2D eigenvalue weighted by Gasteiger charge is 2.14. The Hall–Kier alpha value is -3.21. The minimum Gasteiger partial charge on any atom is -0.493 e. The molecular weight excluding hydrogens is 612 g/mol. The highest BCUT2D eigenvalue weighted by Crippen LogP contribution is 2.37. The molecule has 0 bridgehead atoms. The summed E-state index contributed by atoms with van der Waals surface area (Å²) in [6.45, 7) is 0.307. The van der Waals surface area contributed by atoms with Crippen molar-refractivity contribution in [2.45, 2.75) is 6.61 Å². The fourth-order valence-electron chi connectivity index (χ4n) is 3.76. The summed E-state index contributed by atoms with van der Waals surface area (Å²) in [7, 11) is 3.53. The van der Waals surface area contributed by atoms with Gasteiger partial charge in [-0.15, -0.1) is 10.2 Å². The van der Waals surface area contributed by atoms with Crippen molar-refractivity contribution in [1.82, 2.24) is 19.7 Å². The quantitative estimate of drug-likeness (QED) is 0.159. The second-order valence-corrected chi connectivity index (χ2v) is 9.99. The van der Waals surface area contributed by atoms with Crippen LogP contribution in [0, 0.1) is 0 Å². The summed E-state index contributed by atoms with van der Waals surface area (Å²) in [5.41, 5.74) is 6.96. The van der Waals surface area contributed by atoms with E-state index in [-0.39, 0.29) is 5.95 Å². The van der Waals surface area contributed by atoms with Crippen LogP contribution in [0.3, 0.4) is 0 Å². The van der Waals surface area contributed by atoms with Gasteiger partial charge in [-0.25, -0.2) is 5.43 Å². The number of ether oxygens (including phenoxy) is 2. The highest BCUT2D eigenvalue weighted by atomic mass is 79.9. The van der Waals surface area contributed by atoms with Crippen LogP contribution < -0.4 is 14.9 Å². The molecular formula is C25H19Br2ClN6O2. The molecule has 0 aliphatic carbocycles. The normalized spacial score (nSPS) is 11.5. The third kappa shape index (κ3) is 4.88. The molecule has 0 aliphatic heterocycles. The van der Waals surface area contributed by atoms with Gasteiger partial charge >= 0.3 is 0 Å². The van der Waals surface area contributed by atoms with Crippen LogP contribution in [0.15, 0.2) is 68.6 Å². The number of rotatable bonds is 7. The average Bonchev–Trinajstić information content (AvgIpc) is 3.14. The van der Waals surface area contributed by atoms with Gasteiger partial charge in [0, 0.05) is 27.5 Å². The van der Waals surface area contributed by atoms with Gasteiger partial charge in [0.1, 0.15) is 12.1 Å². The number of aromatic nitrogens is 4. The fourth-order valence-corrected chi connectivity index (χ4v) is 4.89. The molecule has 2 heterocycles. The van der Waals surface area contributed by atoms with Crippen LogP contribution in [-0.2, 0) is 13.7 Å². The summed E-state index contributed by atoms with van der Waals surface area (Å²) in [6, 6.07) is 17.2. The highest BCUT2D eigenvalue weighted by molar-refractivity contribution is 9.10. The molecule has 0 unspecified atom stereocenters. The number of benzene rings is 3. The van der Waals surface area contributed by atoms with Crippen LogP contribution >= 0.6 is 43.5 Å². The first-order valence-corrected chi connectivity index (χ1v) is 12.7. The van der Waals surface area contributed by atoms with Crippen molar-refractivity contribution in [2.24, 2.45) is 12.1 Å². The van der Waals surface area contributed by atoms with Crippen LogP contribution in [0.1, 0.15) is 11.1 Å². The second-order valence-electron chi connectivity index (χ2n) is 7.81. The van der Waals surface area contributed by atoms with Gasteiger partial charge in [0.2, 0.25) is 0 Å². The Kier molecular flexibility index (Phi) is 7.08. The number of halogens is 3. The number of nitrogens with zero attached hydrogens (tertiary/aromatic N) is 5. The van der Waals surface area contributed by atoms with E-state index in [2.05, 4.69) is 57.6 Å².